The molecule has 0 bridgehead atoms. The predicted molar refractivity (Wildman–Crippen MR) is 111 cm³/mol. The van der Waals surface area contributed by atoms with E-state index in [1.165, 1.54) is 5.52 Å². The van der Waals surface area contributed by atoms with Crippen LogP contribution in [-0.4, -0.2) is 22.0 Å². The van der Waals surface area contributed by atoms with Crippen LogP contribution in [0, 0.1) is 5.92 Å². The van der Waals surface area contributed by atoms with Crippen molar-refractivity contribution in [3.63, 3.8) is 0 Å². The van der Waals surface area contributed by atoms with E-state index in [1.54, 1.807) is 12.1 Å². The summed E-state index contributed by atoms with van der Waals surface area (Å²) in [7, 11) is 0. The van der Waals surface area contributed by atoms with Gasteiger partial charge < -0.3 is 9.88 Å². The molecule has 1 unspecified atom stereocenters. The molecule has 0 fully saturated rings. The minimum absolute atomic E-state index is 0.0157. The number of rotatable bonds is 8. The predicted octanol–water partition coefficient (Wildman–Crippen LogP) is 4.64. The lowest BCUT2D eigenvalue weighted by Gasteiger charge is -2.14. The standard InChI is InChI=1S/C22H26ClN3O/c1-3-16(2)15-26-20-7-5-4-6-19(20)25-21(26)12-13-24-22(27)14-17-8-10-18(23)11-9-17/h4-11,16H,3,12-15H2,1-2H3,(H,24,27). The summed E-state index contributed by atoms with van der Waals surface area (Å²) in [5.41, 5.74) is 3.14. The number of benzene rings is 2. The van der Waals surface area contributed by atoms with Gasteiger partial charge in [0.15, 0.2) is 0 Å². The Morgan fingerprint density at radius 2 is 1.93 bits per heavy atom. The van der Waals surface area contributed by atoms with E-state index in [-0.39, 0.29) is 5.91 Å². The topological polar surface area (TPSA) is 46.9 Å². The van der Waals surface area contributed by atoms with Crippen LogP contribution in [0.4, 0.5) is 0 Å². The molecule has 2 aromatic carbocycles. The first-order valence-electron chi connectivity index (χ1n) is 9.52. The second-order valence-electron chi connectivity index (χ2n) is 7.04. The summed E-state index contributed by atoms with van der Waals surface area (Å²) in [6.07, 6.45) is 2.21. The molecule has 1 atom stereocenters. The van der Waals surface area contributed by atoms with Crippen LogP contribution in [0.1, 0.15) is 31.7 Å². The summed E-state index contributed by atoms with van der Waals surface area (Å²) in [6, 6.07) is 15.6. The molecular formula is C22H26ClN3O. The maximum atomic E-state index is 12.2. The van der Waals surface area contributed by atoms with Crippen LogP contribution < -0.4 is 5.32 Å². The van der Waals surface area contributed by atoms with Gasteiger partial charge in [0, 0.05) is 24.5 Å². The third kappa shape index (κ3) is 5.10. The first-order valence-corrected chi connectivity index (χ1v) is 9.90. The fraction of sp³-hybridized carbons (Fsp3) is 0.364. The van der Waals surface area contributed by atoms with Gasteiger partial charge in [-0.15, -0.1) is 0 Å². The van der Waals surface area contributed by atoms with E-state index < -0.39 is 0 Å². The molecule has 27 heavy (non-hydrogen) atoms. The Morgan fingerprint density at radius 3 is 2.67 bits per heavy atom. The number of amides is 1. The highest BCUT2D eigenvalue weighted by atomic mass is 35.5. The summed E-state index contributed by atoms with van der Waals surface area (Å²) in [6.45, 7) is 5.99. The molecule has 1 aromatic heterocycles. The van der Waals surface area contributed by atoms with E-state index in [0.29, 0.717) is 23.9 Å². The summed E-state index contributed by atoms with van der Waals surface area (Å²) in [5.74, 6) is 1.63. The van der Waals surface area contributed by atoms with E-state index in [0.717, 1.165) is 36.3 Å². The lowest BCUT2D eigenvalue weighted by molar-refractivity contribution is -0.120. The van der Waals surface area contributed by atoms with Gasteiger partial charge in [0.1, 0.15) is 5.82 Å². The number of carbonyl (C=O) groups is 1. The van der Waals surface area contributed by atoms with Gasteiger partial charge in [-0.2, -0.15) is 0 Å². The van der Waals surface area contributed by atoms with Crippen molar-refractivity contribution in [3.8, 4) is 0 Å². The second-order valence-corrected chi connectivity index (χ2v) is 7.48. The number of halogens is 1. The molecule has 0 spiro atoms. The third-order valence-electron chi connectivity index (χ3n) is 4.87. The molecule has 3 aromatic rings. The van der Waals surface area contributed by atoms with Crippen molar-refractivity contribution in [1.82, 2.24) is 14.9 Å². The van der Waals surface area contributed by atoms with Crippen LogP contribution in [0.3, 0.4) is 0 Å². The molecule has 1 N–H and O–H groups in total. The van der Waals surface area contributed by atoms with Crippen molar-refractivity contribution >= 4 is 28.5 Å². The summed E-state index contributed by atoms with van der Waals surface area (Å²) in [5, 5.41) is 3.69. The summed E-state index contributed by atoms with van der Waals surface area (Å²) < 4.78 is 2.30. The monoisotopic (exact) mass is 383 g/mol. The molecule has 0 aliphatic rings. The maximum Gasteiger partial charge on any atom is 0.224 e. The fourth-order valence-electron chi connectivity index (χ4n) is 3.12. The molecular weight excluding hydrogens is 358 g/mol. The van der Waals surface area contributed by atoms with Crippen LogP contribution >= 0.6 is 11.6 Å². The Labute approximate surface area is 165 Å². The van der Waals surface area contributed by atoms with Gasteiger partial charge in [-0.25, -0.2) is 4.98 Å². The van der Waals surface area contributed by atoms with Crippen molar-refractivity contribution < 1.29 is 4.79 Å². The first-order chi connectivity index (χ1) is 13.1. The number of imidazole rings is 1. The molecule has 4 nitrogen and oxygen atoms in total. The van der Waals surface area contributed by atoms with Gasteiger partial charge in [-0.05, 0) is 35.7 Å². The van der Waals surface area contributed by atoms with Gasteiger partial charge in [-0.1, -0.05) is 56.1 Å². The van der Waals surface area contributed by atoms with E-state index in [4.69, 9.17) is 16.6 Å². The average Bonchev–Trinajstić information content (AvgIpc) is 3.01. The van der Waals surface area contributed by atoms with Crippen LogP contribution in [0.15, 0.2) is 48.5 Å². The van der Waals surface area contributed by atoms with Crippen molar-refractivity contribution in [1.29, 1.82) is 0 Å². The zero-order valence-corrected chi connectivity index (χ0v) is 16.7. The first kappa shape index (κ1) is 19.4. The molecule has 1 heterocycles. The minimum Gasteiger partial charge on any atom is -0.355 e. The number of para-hydroxylation sites is 2. The van der Waals surface area contributed by atoms with Gasteiger partial charge >= 0.3 is 0 Å². The van der Waals surface area contributed by atoms with Crippen molar-refractivity contribution in [2.45, 2.75) is 39.7 Å². The van der Waals surface area contributed by atoms with Gasteiger partial charge in [-0.3, -0.25) is 4.79 Å². The minimum atomic E-state index is 0.0157. The Morgan fingerprint density at radius 1 is 1.19 bits per heavy atom. The Hall–Kier alpha value is -2.33. The number of nitrogens with zero attached hydrogens (tertiary/aromatic N) is 2. The average molecular weight is 384 g/mol. The number of hydrogen-bond donors (Lipinski definition) is 1. The largest absolute Gasteiger partial charge is 0.355 e. The van der Waals surface area contributed by atoms with Crippen LogP contribution in [0.5, 0.6) is 0 Å². The molecule has 0 aliphatic carbocycles. The van der Waals surface area contributed by atoms with Gasteiger partial charge in [0.05, 0.1) is 17.5 Å². The highest BCUT2D eigenvalue weighted by molar-refractivity contribution is 6.30. The molecule has 3 rings (SSSR count). The number of aromatic nitrogens is 2. The number of nitrogens with one attached hydrogen (secondary N) is 1. The molecule has 0 radical (unpaired) electrons. The Balaban J connectivity index is 1.63. The number of hydrogen-bond acceptors (Lipinski definition) is 2. The van der Waals surface area contributed by atoms with Crippen molar-refractivity contribution in [2.24, 2.45) is 5.92 Å². The molecule has 142 valence electrons. The SMILES string of the molecule is CCC(C)Cn1c(CCNC(=O)Cc2ccc(Cl)cc2)nc2ccccc21. The maximum absolute atomic E-state index is 12.2. The van der Waals surface area contributed by atoms with Gasteiger partial charge in [0.2, 0.25) is 5.91 Å². The zero-order chi connectivity index (χ0) is 19.2. The van der Waals surface area contributed by atoms with Gasteiger partial charge in [0.25, 0.3) is 0 Å². The number of fused-ring (bicyclic) bond motifs is 1. The highest BCUT2D eigenvalue weighted by Crippen LogP contribution is 2.19. The van der Waals surface area contributed by atoms with Crippen molar-refractivity contribution in [2.75, 3.05) is 6.54 Å². The molecule has 0 aliphatic heterocycles. The van der Waals surface area contributed by atoms with Crippen molar-refractivity contribution in [3.05, 3.63) is 64.9 Å². The van der Waals surface area contributed by atoms with E-state index in [9.17, 15) is 4.79 Å². The third-order valence-corrected chi connectivity index (χ3v) is 5.13. The highest BCUT2D eigenvalue weighted by Gasteiger charge is 2.13. The molecule has 5 heteroatoms. The number of carbonyl (C=O) groups excluding carboxylic acids is 1. The summed E-state index contributed by atoms with van der Waals surface area (Å²) >= 11 is 5.88. The lowest BCUT2D eigenvalue weighted by atomic mass is 10.1. The lowest BCUT2D eigenvalue weighted by Crippen LogP contribution is -2.28. The van der Waals surface area contributed by atoms with Crippen LogP contribution in [-0.2, 0) is 24.2 Å². The van der Waals surface area contributed by atoms with Crippen LogP contribution in [0.25, 0.3) is 11.0 Å². The van der Waals surface area contributed by atoms with E-state index >= 15 is 0 Å². The second kappa shape index (κ2) is 9.05. The molecule has 0 saturated heterocycles. The molecule has 0 saturated carbocycles. The smallest absolute Gasteiger partial charge is 0.224 e. The normalized spacial score (nSPS) is 12.3. The Kier molecular flexibility index (Phi) is 6.51. The van der Waals surface area contributed by atoms with Crippen LogP contribution in [0.2, 0.25) is 5.02 Å². The summed E-state index contributed by atoms with van der Waals surface area (Å²) in [4.78, 5) is 17.0. The van der Waals surface area contributed by atoms with E-state index in [2.05, 4.69) is 35.9 Å². The molecule has 1 amide bonds. The fourth-order valence-corrected chi connectivity index (χ4v) is 3.25. The van der Waals surface area contributed by atoms with E-state index in [1.807, 2.05) is 24.3 Å². The zero-order valence-electron chi connectivity index (χ0n) is 15.9. The quantitative estimate of drug-likeness (QED) is 0.616. The Bertz CT molecular complexity index is 902.